The minimum absolute atomic E-state index is 0.0827. The van der Waals surface area contributed by atoms with Gasteiger partial charge in [-0.25, -0.2) is 4.57 Å². The fraction of sp³-hybridized carbons (Fsp3) is 0.842. The highest BCUT2D eigenvalue weighted by Crippen LogP contribution is 2.42. The van der Waals surface area contributed by atoms with Gasteiger partial charge in [0.25, 0.3) is 0 Å². The molecule has 10 heteroatoms. The number of esters is 1. The maximum atomic E-state index is 12.0. The molecule has 282 valence electrons. The molecular formula is C38H72NO8P. The van der Waals surface area contributed by atoms with Crippen LogP contribution < -0.4 is 5.32 Å². The van der Waals surface area contributed by atoms with Gasteiger partial charge in [0, 0.05) is 19.4 Å². The molecule has 3 N–H and O–H groups in total. The molecule has 0 bridgehead atoms. The van der Waals surface area contributed by atoms with Crippen molar-refractivity contribution >= 4 is 19.7 Å². The lowest BCUT2D eigenvalue weighted by molar-refractivity contribution is -0.147. The fourth-order valence-corrected chi connectivity index (χ4v) is 5.93. The second kappa shape index (κ2) is 35.3. The normalized spacial score (nSPS) is 13.7. The molecule has 0 aromatic heterocycles. The van der Waals surface area contributed by atoms with Crippen molar-refractivity contribution in [3.8, 4) is 0 Å². The van der Waals surface area contributed by atoms with Crippen LogP contribution in [0.15, 0.2) is 24.3 Å². The van der Waals surface area contributed by atoms with Gasteiger partial charge in [0.2, 0.25) is 5.91 Å². The molecule has 0 rings (SSSR count). The van der Waals surface area contributed by atoms with E-state index in [9.17, 15) is 24.2 Å². The molecule has 48 heavy (non-hydrogen) atoms. The quantitative estimate of drug-likeness (QED) is 0.0255. The number of nitrogens with one attached hydrogen (secondary N) is 1. The molecule has 2 atom stereocenters. The topological polar surface area (TPSA) is 131 Å². The summed E-state index contributed by atoms with van der Waals surface area (Å²) in [7, 11) is -4.41. The molecule has 0 aliphatic carbocycles. The lowest BCUT2D eigenvalue weighted by atomic mass is 10.0. The molecule has 0 aliphatic heterocycles. The van der Waals surface area contributed by atoms with E-state index in [4.69, 9.17) is 13.8 Å². The molecule has 0 saturated heterocycles. The van der Waals surface area contributed by atoms with Gasteiger partial charge in [0.1, 0.15) is 12.7 Å². The van der Waals surface area contributed by atoms with Crippen molar-refractivity contribution in [1.29, 1.82) is 0 Å². The van der Waals surface area contributed by atoms with Gasteiger partial charge < -0.3 is 20.1 Å². The van der Waals surface area contributed by atoms with Crippen molar-refractivity contribution in [2.24, 2.45) is 0 Å². The van der Waals surface area contributed by atoms with Crippen LogP contribution in [0.25, 0.3) is 0 Å². The number of aliphatic hydroxyl groups excluding tert-OH is 1. The Kier molecular flexibility index (Phi) is 34.2. The van der Waals surface area contributed by atoms with Crippen LogP contribution in [0.4, 0.5) is 0 Å². The number of carbonyl (C=O) groups is 2. The van der Waals surface area contributed by atoms with Crippen molar-refractivity contribution in [3.05, 3.63) is 24.3 Å². The highest BCUT2D eigenvalue weighted by atomic mass is 31.2. The Labute approximate surface area is 293 Å². The van der Waals surface area contributed by atoms with Gasteiger partial charge in [0.15, 0.2) is 0 Å². The first kappa shape index (κ1) is 46.5. The predicted molar refractivity (Wildman–Crippen MR) is 197 cm³/mol. The number of unbranched alkanes of at least 4 members (excludes halogenated alkanes) is 19. The molecule has 0 aliphatic rings. The molecular weight excluding hydrogens is 629 g/mol. The zero-order valence-electron chi connectivity index (χ0n) is 30.7. The maximum Gasteiger partial charge on any atom is 0.472 e. The Morgan fingerprint density at radius 2 is 1.12 bits per heavy atom. The third kappa shape index (κ3) is 35.8. The Morgan fingerprint density at radius 1 is 0.646 bits per heavy atom. The van der Waals surface area contributed by atoms with E-state index < -0.39 is 26.5 Å². The lowest BCUT2D eigenvalue weighted by Crippen LogP contribution is -2.27. The number of carbonyl (C=O) groups excluding carboxylic acids is 2. The Balaban J connectivity index is 3.64. The summed E-state index contributed by atoms with van der Waals surface area (Å²) >= 11 is 0. The van der Waals surface area contributed by atoms with Crippen molar-refractivity contribution < 1.29 is 37.9 Å². The molecule has 0 aromatic rings. The van der Waals surface area contributed by atoms with E-state index in [0.29, 0.717) is 6.42 Å². The summed E-state index contributed by atoms with van der Waals surface area (Å²) in [5.41, 5.74) is 0. The van der Waals surface area contributed by atoms with Crippen LogP contribution in [0.1, 0.15) is 174 Å². The van der Waals surface area contributed by atoms with E-state index >= 15 is 0 Å². The van der Waals surface area contributed by atoms with Crippen LogP contribution in [-0.2, 0) is 27.9 Å². The van der Waals surface area contributed by atoms with Crippen molar-refractivity contribution in [3.63, 3.8) is 0 Å². The van der Waals surface area contributed by atoms with Crippen LogP contribution in [0, 0.1) is 0 Å². The summed E-state index contributed by atoms with van der Waals surface area (Å²) in [6.45, 7) is 3.50. The summed E-state index contributed by atoms with van der Waals surface area (Å²) in [4.78, 5) is 33.7. The summed E-state index contributed by atoms with van der Waals surface area (Å²) in [5, 5.41) is 12.6. The first-order valence-corrected chi connectivity index (χ1v) is 20.8. The molecule has 1 amide bonds. The Bertz CT molecular complexity index is 851. The van der Waals surface area contributed by atoms with Gasteiger partial charge in [-0.05, 0) is 44.9 Å². The monoisotopic (exact) mass is 701 g/mol. The second-order valence-corrected chi connectivity index (χ2v) is 14.4. The van der Waals surface area contributed by atoms with E-state index in [-0.39, 0.29) is 32.1 Å². The fourth-order valence-electron chi connectivity index (χ4n) is 5.17. The second-order valence-electron chi connectivity index (χ2n) is 12.9. The largest absolute Gasteiger partial charge is 0.472 e. The number of allylic oxidation sites excluding steroid dienone is 4. The van der Waals surface area contributed by atoms with E-state index in [2.05, 4.69) is 43.5 Å². The molecule has 0 radical (unpaired) electrons. The summed E-state index contributed by atoms with van der Waals surface area (Å²) in [6.07, 6.45) is 35.3. The molecule has 0 fully saturated rings. The SMILES string of the molecule is CCCCC/C=C\C/C=C\CCCCCCCC(=O)OCC(O)COP(=O)(O)OCCNC(=O)CCCCCCCCCCCCCC. The van der Waals surface area contributed by atoms with Gasteiger partial charge in [-0.15, -0.1) is 0 Å². The van der Waals surface area contributed by atoms with Crippen molar-refractivity contribution in [2.45, 2.75) is 180 Å². The first-order valence-electron chi connectivity index (χ1n) is 19.3. The van der Waals surface area contributed by atoms with Crippen molar-refractivity contribution in [2.75, 3.05) is 26.4 Å². The third-order valence-electron chi connectivity index (χ3n) is 8.13. The minimum atomic E-state index is -4.41. The van der Waals surface area contributed by atoms with Crippen molar-refractivity contribution in [1.82, 2.24) is 5.32 Å². The number of phosphoric ester groups is 1. The minimum Gasteiger partial charge on any atom is -0.463 e. The smallest absolute Gasteiger partial charge is 0.463 e. The number of aliphatic hydroxyl groups is 1. The van der Waals surface area contributed by atoms with Gasteiger partial charge in [0.05, 0.1) is 13.2 Å². The average Bonchev–Trinajstić information content (AvgIpc) is 3.07. The van der Waals surface area contributed by atoms with Gasteiger partial charge in [-0.2, -0.15) is 0 Å². The number of phosphoric acid groups is 1. The van der Waals surface area contributed by atoms with Gasteiger partial charge in [-0.1, -0.05) is 141 Å². The van der Waals surface area contributed by atoms with Crippen LogP contribution in [0.5, 0.6) is 0 Å². The number of rotatable bonds is 36. The highest BCUT2D eigenvalue weighted by molar-refractivity contribution is 7.47. The predicted octanol–water partition coefficient (Wildman–Crippen LogP) is 10.0. The first-order chi connectivity index (χ1) is 23.3. The highest BCUT2D eigenvalue weighted by Gasteiger charge is 2.23. The van der Waals surface area contributed by atoms with E-state index in [1.807, 2.05) is 0 Å². The Hall–Kier alpha value is -1.51. The zero-order valence-corrected chi connectivity index (χ0v) is 31.6. The molecule has 9 nitrogen and oxygen atoms in total. The maximum absolute atomic E-state index is 12.0. The number of hydrogen-bond donors (Lipinski definition) is 3. The Morgan fingerprint density at radius 3 is 1.71 bits per heavy atom. The summed E-state index contributed by atoms with van der Waals surface area (Å²) in [5.74, 6) is -0.529. The van der Waals surface area contributed by atoms with Crippen LogP contribution >= 0.6 is 7.82 Å². The zero-order chi connectivity index (χ0) is 35.4. The lowest BCUT2D eigenvalue weighted by Gasteiger charge is -2.15. The molecule has 0 spiro atoms. The summed E-state index contributed by atoms with van der Waals surface area (Å²) < 4.78 is 26.7. The molecule has 0 saturated carbocycles. The molecule has 0 aromatic carbocycles. The van der Waals surface area contributed by atoms with Crippen LogP contribution in [0.2, 0.25) is 0 Å². The van der Waals surface area contributed by atoms with Gasteiger partial charge in [-0.3, -0.25) is 18.6 Å². The van der Waals surface area contributed by atoms with Crippen LogP contribution in [-0.4, -0.2) is 54.3 Å². The number of ether oxygens (including phenoxy) is 1. The molecule has 2 unspecified atom stereocenters. The summed E-state index contributed by atoms with van der Waals surface area (Å²) in [6, 6.07) is 0. The van der Waals surface area contributed by atoms with E-state index in [1.165, 1.54) is 83.5 Å². The van der Waals surface area contributed by atoms with Crippen LogP contribution in [0.3, 0.4) is 0 Å². The number of amides is 1. The third-order valence-corrected chi connectivity index (χ3v) is 9.12. The van der Waals surface area contributed by atoms with E-state index in [1.54, 1.807) is 0 Å². The van der Waals surface area contributed by atoms with Gasteiger partial charge >= 0.3 is 13.8 Å². The average molecular weight is 702 g/mol. The number of hydrogen-bond acceptors (Lipinski definition) is 7. The van der Waals surface area contributed by atoms with E-state index in [0.717, 1.165) is 64.2 Å². The standard InChI is InChI=1S/C38H72NO8P/c1-3-5-7-9-11-13-15-17-18-19-21-23-25-27-29-31-38(42)45-34-36(40)35-47-48(43,44)46-33-32-39-37(41)30-28-26-24-22-20-16-14-12-10-8-6-4-2/h11,13,17-18,36,40H,3-10,12,14-16,19-35H2,1-2H3,(H,39,41)(H,43,44)/b13-11-,18-17-. The molecule has 0 heterocycles.